The van der Waals surface area contributed by atoms with E-state index in [4.69, 9.17) is 5.11 Å². The second kappa shape index (κ2) is 6.71. The highest BCUT2D eigenvalue weighted by molar-refractivity contribution is 5.82. The molecule has 1 spiro atoms. The molecule has 1 amide bonds. The molecule has 0 saturated carbocycles. The third-order valence-corrected chi connectivity index (χ3v) is 5.24. The van der Waals surface area contributed by atoms with Crippen molar-refractivity contribution in [1.29, 1.82) is 0 Å². The number of hydrogen-bond acceptors (Lipinski definition) is 3. The molecule has 0 aliphatic carbocycles. The average molecular weight is 316 g/mol. The molecular formula is C18H24N2O3. The van der Waals surface area contributed by atoms with Gasteiger partial charge in [0.15, 0.2) is 0 Å². The predicted molar refractivity (Wildman–Crippen MR) is 86.8 cm³/mol. The van der Waals surface area contributed by atoms with Gasteiger partial charge in [0.05, 0.1) is 0 Å². The third-order valence-electron chi connectivity index (χ3n) is 5.24. The van der Waals surface area contributed by atoms with Crippen molar-refractivity contribution in [3.8, 4) is 0 Å². The van der Waals surface area contributed by atoms with Crippen molar-refractivity contribution < 1.29 is 14.7 Å². The fourth-order valence-electron chi connectivity index (χ4n) is 3.84. The van der Waals surface area contributed by atoms with Gasteiger partial charge in [0, 0.05) is 19.5 Å². The lowest BCUT2D eigenvalue weighted by molar-refractivity contribution is -0.149. The lowest BCUT2D eigenvalue weighted by Gasteiger charge is -2.47. The van der Waals surface area contributed by atoms with E-state index in [1.165, 1.54) is 5.56 Å². The molecule has 1 aromatic carbocycles. The number of amides is 1. The summed E-state index contributed by atoms with van der Waals surface area (Å²) in [5.74, 6) is -0.929. The molecule has 0 bridgehead atoms. The zero-order valence-electron chi connectivity index (χ0n) is 13.4. The molecule has 2 aliphatic heterocycles. The van der Waals surface area contributed by atoms with Gasteiger partial charge < -0.3 is 10.0 Å². The maximum atomic E-state index is 11.9. The SMILES string of the molecule is O=C(O)CN1CC2(CCC1=O)CCN(Cc1ccccc1)CC2. The first-order valence-corrected chi connectivity index (χ1v) is 8.32. The number of aliphatic carboxylic acids is 1. The second-order valence-electron chi connectivity index (χ2n) is 6.91. The van der Waals surface area contributed by atoms with Gasteiger partial charge in [-0.05, 0) is 43.3 Å². The molecule has 2 aliphatic rings. The van der Waals surface area contributed by atoms with Gasteiger partial charge in [0.1, 0.15) is 6.54 Å². The molecule has 1 N–H and O–H groups in total. The van der Waals surface area contributed by atoms with Gasteiger partial charge >= 0.3 is 5.97 Å². The summed E-state index contributed by atoms with van der Waals surface area (Å²) in [6.45, 7) is 3.45. The first-order valence-electron chi connectivity index (χ1n) is 8.32. The standard InChI is InChI=1S/C18H24N2O3/c21-16-6-7-18(14-20(16)13-17(22)23)8-10-19(11-9-18)12-15-4-2-1-3-5-15/h1-5H,6-14H2,(H,22,23). The number of carboxylic acids is 1. The van der Waals surface area contributed by atoms with Crippen LogP contribution in [0.5, 0.6) is 0 Å². The van der Waals surface area contributed by atoms with Crippen LogP contribution in [0.2, 0.25) is 0 Å². The molecular weight excluding hydrogens is 292 g/mol. The molecule has 23 heavy (non-hydrogen) atoms. The number of hydrogen-bond donors (Lipinski definition) is 1. The minimum absolute atomic E-state index is 0.00950. The molecule has 2 heterocycles. The molecule has 5 heteroatoms. The normalized spacial score (nSPS) is 21.6. The first-order chi connectivity index (χ1) is 11.1. The molecule has 2 fully saturated rings. The van der Waals surface area contributed by atoms with Crippen LogP contribution in [0.15, 0.2) is 30.3 Å². The van der Waals surface area contributed by atoms with Crippen LogP contribution < -0.4 is 0 Å². The Balaban J connectivity index is 1.57. The van der Waals surface area contributed by atoms with Crippen molar-refractivity contribution in [3.63, 3.8) is 0 Å². The van der Waals surface area contributed by atoms with E-state index in [1.54, 1.807) is 4.90 Å². The van der Waals surface area contributed by atoms with Gasteiger partial charge in [-0.25, -0.2) is 0 Å². The quantitative estimate of drug-likeness (QED) is 0.922. The first kappa shape index (κ1) is 16.0. The van der Waals surface area contributed by atoms with Crippen LogP contribution in [0.1, 0.15) is 31.2 Å². The molecule has 5 nitrogen and oxygen atoms in total. The highest BCUT2D eigenvalue weighted by Crippen LogP contribution is 2.40. The number of carboxylic acid groups (broad SMARTS) is 1. The summed E-state index contributed by atoms with van der Waals surface area (Å²) in [6, 6.07) is 10.5. The Morgan fingerprint density at radius 2 is 1.83 bits per heavy atom. The largest absolute Gasteiger partial charge is 0.480 e. The van der Waals surface area contributed by atoms with E-state index in [0.717, 1.165) is 38.9 Å². The number of nitrogens with zero attached hydrogens (tertiary/aromatic N) is 2. The summed E-state index contributed by atoms with van der Waals surface area (Å²) in [6.07, 6.45) is 3.49. The zero-order valence-corrected chi connectivity index (χ0v) is 13.4. The minimum atomic E-state index is -0.920. The molecule has 0 radical (unpaired) electrons. The van der Waals surface area contributed by atoms with Gasteiger partial charge in [0.2, 0.25) is 5.91 Å². The molecule has 0 unspecified atom stereocenters. The van der Waals surface area contributed by atoms with Crippen molar-refractivity contribution in [2.45, 2.75) is 32.2 Å². The van der Waals surface area contributed by atoms with E-state index in [9.17, 15) is 9.59 Å². The van der Waals surface area contributed by atoms with E-state index in [1.807, 2.05) is 6.07 Å². The van der Waals surface area contributed by atoms with Crippen molar-refractivity contribution in [1.82, 2.24) is 9.80 Å². The molecule has 1 aromatic rings. The average Bonchev–Trinajstić information content (AvgIpc) is 2.54. The van der Waals surface area contributed by atoms with E-state index in [-0.39, 0.29) is 17.9 Å². The summed E-state index contributed by atoms with van der Waals surface area (Å²) in [7, 11) is 0. The maximum absolute atomic E-state index is 11.9. The highest BCUT2D eigenvalue weighted by Gasteiger charge is 2.41. The predicted octanol–water partition coefficient (Wildman–Crippen LogP) is 1.98. The summed E-state index contributed by atoms with van der Waals surface area (Å²) in [5, 5.41) is 8.97. The monoisotopic (exact) mass is 316 g/mol. The molecule has 124 valence electrons. The van der Waals surface area contributed by atoms with Crippen molar-refractivity contribution in [3.05, 3.63) is 35.9 Å². The van der Waals surface area contributed by atoms with Gasteiger partial charge in [-0.3, -0.25) is 14.5 Å². The van der Waals surface area contributed by atoms with E-state index in [2.05, 4.69) is 29.2 Å². The Hall–Kier alpha value is -1.88. The third kappa shape index (κ3) is 3.91. The van der Waals surface area contributed by atoms with Crippen LogP contribution >= 0.6 is 0 Å². The topological polar surface area (TPSA) is 60.9 Å². The van der Waals surface area contributed by atoms with Crippen LogP contribution in [0.4, 0.5) is 0 Å². The van der Waals surface area contributed by atoms with E-state index in [0.29, 0.717) is 13.0 Å². The number of carbonyl (C=O) groups excluding carboxylic acids is 1. The fraction of sp³-hybridized carbons (Fsp3) is 0.556. The number of carbonyl (C=O) groups is 2. The zero-order chi connectivity index (χ0) is 16.3. The van der Waals surface area contributed by atoms with Crippen molar-refractivity contribution >= 4 is 11.9 Å². The van der Waals surface area contributed by atoms with Gasteiger partial charge in [0.25, 0.3) is 0 Å². The number of benzene rings is 1. The lowest BCUT2D eigenvalue weighted by atomic mass is 9.72. The molecule has 0 atom stereocenters. The Bertz CT molecular complexity index is 565. The van der Waals surface area contributed by atoms with Crippen LogP contribution in [-0.2, 0) is 16.1 Å². The second-order valence-corrected chi connectivity index (χ2v) is 6.91. The van der Waals surface area contributed by atoms with Gasteiger partial charge in [-0.2, -0.15) is 0 Å². The van der Waals surface area contributed by atoms with E-state index >= 15 is 0 Å². The molecule has 2 saturated heterocycles. The number of piperidine rings is 2. The Morgan fingerprint density at radius 3 is 2.48 bits per heavy atom. The van der Waals surface area contributed by atoms with Crippen LogP contribution in [-0.4, -0.2) is 53.0 Å². The van der Waals surface area contributed by atoms with Crippen molar-refractivity contribution in [2.75, 3.05) is 26.2 Å². The lowest BCUT2D eigenvalue weighted by Crippen LogP contribution is -2.52. The maximum Gasteiger partial charge on any atom is 0.323 e. The van der Waals surface area contributed by atoms with Crippen LogP contribution in [0, 0.1) is 5.41 Å². The summed E-state index contributed by atoms with van der Waals surface area (Å²) in [5.41, 5.74) is 1.45. The Morgan fingerprint density at radius 1 is 1.13 bits per heavy atom. The Labute approximate surface area is 136 Å². The summed E-state index contributed by atoms with van der Waals surface area (Å²) < 4.78 is 0. The Kier molecular flexibility index (Phi) is 4.66. The minimum Gasteiger partial charge on any atom is -0.480 e. The van der Waals surface area contributed by atoms with Gasteiger partial charge in [-0.1, -0.05) is 30.3 Å². The van der Waals surface area contributed by atoms with Crippen LogP contribution in [0.25, 0.3) is 0 Å². The van der Waals surface area contributed by atoms with Gasteiger partial charge in [-0.15, -0.1) is 0 Å². The molecule has 0 aromatic heterocycles. The smallest absolute Gasteiger partial charge is 0.323 e. The molecule has 3 rings (SSSR count). The highest BCUT2D eigenvalue weighted by atomic mass is 16.4. The van der Waals surface area contributed by atoms with E-state index < -0.39 is 5.97 Å². The summed E-state index contributed by atoms with van der Waals surface area (Å²) in [4.78, 5) is 26.8. The number of rotatable bonds is 4. The summed E-state index contributed by atoms with van der Waals surface area (Å²) >= 11 is 0. The number of likely N-dealkylation sites (tertiary alicyclic amines) is 2. The van der Waals surface area contributed by atoms with Crippen LogP contribution in [0.3, 0.4) is 0 Å². The fourth-order valence-corrected chi connectivity index (χ4v) is 3.84. The van der Waals surface area contributed by atoms with Crippen molar-refractivity contribution in [2.24, 2.45) is 5.41 Å².